The maximum atomic E-state index is 13.0. The SMILES string of the molecule is COc1ccc(C)cc1N1CC(C(=O)NC2CCCCCCCCCCC2)CC1=O. The molecule has 0 bridgehead atoms. The van der Waals surface area contributed by atoms with Crippen LogP contribution in [0.25, 0.3) is 0 Å². The Balaban J connectivity index is 1.59. The third-order valence-corrected chi connectivity index (χ3v) is 6.57. The van der Waals surface area contributed by atoms with Crippen LogP contribution in [0.3, 0.4) is 0 Å². The second-order valence-electron chi connectivity index (χ2n) is 9.05. The Bertz CT molecular complexity index is 706. The van der Waals surface area contributed by atoms with Crippen molar-refractivity contribution in [3.8, 4) is 5.75 Å². The number of hydrogen-bond acceptors (Lipinski definition) is 3. The molecule has 1 aromatic rings. The lowest BCUT2D eigenvalue weighted by molar-refractivity contribution is -0.127. The number of hydrogen-bond donors (Lipinski definition) is 1. The van der Waals surface area contributed by atoms with E-state index >= 15 is 0 Å². The summed E-state index contributed by atoms with van der Waals surface area (Å²) in [6.45, 7) is 2.43. The van der Waals surface area contributed by atoms with E-state index in [1.54, 1.807) is 12.0 Å². The lowest BCUT2D eigenvalue weighted by atomic mass is 9.97. The van der Waals surface area contributed by atoms with Gasteiger partial charge < -0.3 is 15.0 Å². The van der Waals surface area contributed by atoms with Gasteiger partial charge in [0.05, 0.1) is 18.7 Å². The summed E-state index contributed by atoms with van der Waals surface area (Å²) in [5.74, 6) is 0.422. The minimum absolute atomic E-state index is 0.00209. The van der Waals surface area contributed by atoms with Gasteiger partial charge in [-0.3, -0.25) is 9.59 Å². The van der Waals surface area contributed by atoms with Gasteiger partial charge in [0.2, 0.25) is 11.8 Å². The Morgan fingerprint density at radius 3 is 2.20 bits per heavy atom. The number of carbonyl (C=O) groups excluding carboxylic acids is 2. The van der Waals surface area contributed by atoms with Crippen LogP contribution in [0.15, 0.2) is 18.2 Å². The van der Waals surface area contributed by atoms with Crippen LogP contribution in [0.4, 0.5) is 5.69 Å². The van der Waals surface area contributed by atoms with Gasteiger partial charge in [0, 0.05) is 19.0 Å². The van der Waals surface area contributed by atoms with Crippen molar-refractivity contribution in [3.63, 3.8) is 0 Å². The average molecular weight is 415 g/mol. The van der Waals surface area contributed by atoms with Gasteiger partial charge in [-0.1, -0.05) is 63.9 Å². The second kappa shape index (κ2) is 11.4. The average Bonchev–Trinajstić information content (AvgIpc) is 3.11. The van der Waals surface area contributed by atoms with E-state index in [1.165, 1.54) is 57.8 Å². The maximum absolute atomic E-state index is 13.0. The van der Waals surface area contributed by atoms with Gasteiger partial charge >= 0.3 is 0 Å². The van der Waals surface area contributed by atoms with Gasteiger partial charge in [0.15, 0.2) is 0 Å². The summed E-state index contributed by atoms with van der Waals surface area (Å²) in [6, 6.07) is 6.06. The van der Waals surface area contributed by atoms with Crippen molar-refractivity contribution in [2.24, 2.45) is 5.92 Å². The summed E-state index contributed by atoms with van der Waals surface area (Å²) in [4.78, 5) is 27.4. The van der Waals surface area contributed by atoms with Crippen molar-refractivity contribution < 1.29 is 14.3 Å². The molecule has 30 heavy (non-hydrogen) atoms. The molecule has 1 aliphatic heterocycles. The number of anilines is 1. The molecule has 1 aromatic carbocycles. The van der Waals surface area contributed by atoms with Crippen molar-refractivity contribution in [3.05, 3.63) is 23.8 Å². The lowest BCUT2D eigenvalue weighted by Crippen LogP contribution is -2.40. The fourth-order valence-corrected chi connectivity index (χ4v) is 4.75. The monoisotopic (exact) mass is 414 g/mol. The zero-order chi connectivity index (χ0) is 21.3. The Labute approximate surface area is 181 Å². The normalized spacial score (nSPS) is 22.3. The first-order chi connectivity index (χ1) is 14.6. The summed E-state index contributed by atoms with van der Waals surface area (Å²) < 4.78 is 5.45. The summed E-state index contributed by atoms with van der Waals surface area (Å²) in [6.07, 6.45) is 14.0. The predicted octanol–water partition coefficient (Wildman–Crippen LogP) is 5.15. The highest BCUT2D eigenvalue weighted by Gasteiger charge is 2.36. The standard InChI is InChI=1S/C25H38N2O3/c1-19-14-15-23(30-2)22(16-19)27-18-20(17-24(27)28)25(29)26-21-12-10-8-6-4-3-5-7-9-11-13-21/h14-16,20-21H,3-13,17-18H2,1-2H3,(H,26,29). The maximum Gasteiger partial charge on any atom is 0.227 e. The Kier molecular flexibility index (Phi) is 8.59. The fourth-order valence-electron chi connectivity index (χ4n) is 4.75. The largest absolute Gasteiger partial charge is 0.495 e. The van der Waals surface area contributed by atoms with Crippen LogP contribution in [0, 0.1) is 12.8 Å². The molecule has 5 nitrogen and oxygen atoms in total. The van der Waals surface area contributed by atoms with Crippen LogP contribution in [0.1, 0.15) is 82.6 Å². The number of nitrogens with one attached hydrogen (secondary N) is 1. The van der Waals surface area contributed by atoms with Gasteiger partial charge in [-0.2, -0.15) is 0 Å². The molecule has 1 aliphatic carbocycles. The zero-order valence-corrected chi connectivity index (χ0v) is 18.8. The topological polar surface area (TPSA) is 58.6 Å². The summed E-state index contributed by atoms with van der Waals surface area (Å²) in [5.41, 5.74) is 1.84. The molecule has 1 unspecified atom stereocenters. The minimum Gasteiger partial charge on any atom is -0.495 e. The molecule has 1 atom stereocenters. The van der Waals surface area contributed by atoms with Crippen LogP contribution in [-0.2, 0) is 9.59 Å². The minimum atomic E-state index is -0.288. The first-order valence-electron chi connectivity index (χ1n) is 11.8. The van der Waals surface area contributed by atoms with E-state index in [0.29, 0.717) is 12.3 Å². The third-order valence-electron chi connectivity index (χ3n) is 6.57. The molecule has 166 valence electrons. The van der Waals surface area contributed by atoms with E-state index in [4.69, 9.17) is 4.74 Å². The number of carbonyl (C=O) groups is 2. The molecular formula is C25H38N2O3. The second-order valence-corrected chi connectivity index (χ2v) is 9.05. The van der Waals surface area contributed by atoms with E-state index in [9.17, 15) is 9.59 Å². The highest BCUT2D eigenvalue weighted by atomic mass is 16.5. The molecule has 0 radical (unpaired) electrons. The van der Waals surface area contributed by atoms with E-state index < -0.39 is 0 Å². The van der Waals surface area contributed by atoms with Crippen LogP contribution >= 0.6 is 0 Å². The number of methoxy groups -OCH3 is 1. The summed E-state index contributed by atoms with van der Waals surface area (Å²) in [5, 5.41) is 3.30. The van der Waals surface area contributed by atoms with Gasteiger partial charge in [0.25, 0.3) is 0 Å². The molecule has 1 saturated heterocycles. The Hall–Kier alpha value is -2.04. The predicted molar refractivity (Wildman–Crippen MR) is 121 cm³/mol. The molecule has 1 saturated carbocycles. The van der Waals surface area contributed by atoms with Crippen molar-refractivity contribution in [1.29, 1.82) is 0 Å². The van der Waals surface area contributed by atoms with Crippen LogP contribution < -0.4 is 15.0 Å². The molecule has 1 heterocycles. The highest BCUT2D eigenvalue weighted by Crippen LogP contribution is 2.34. The molecule has 0 aromatic heterocycles. The van der Waals surface area contributed by atoms with E-state index in [2.05, 4.69) is 5.32 Å². The quantitative estimate of drug-likeness (QED) is 0.741. The smallest absolute Gasteiger partial charge is 0.227 e. The number of aryl methyl sites for hydroxylation is 1. The molecule has 0 spiro atoms. The molecular weight excluding hydrogens is 376 g/mol. The molecule has 5 heteroatoms. The number of benzene rings is 1. The molecule has 2 aliphatic rings. The molecule has 2 amide bonds. The highest BCUT2D eigenvalue weighted by molar-refractivity contribution is 6.01. The Morgan fingerprint density at radius 2 is 1.60 bits per heavy atom. The summed E-state index contributed by atoms with van der Waals surface area (Å²) in [7, 11) is 1.61. The van der Waals surface area contributed by atoms with Gasteiger partial charge in [-0.15, -0.1) is 0 Å². The van der Waals surface area contributed by atoms with E-state index in [1.807, 2.05) is 25.1 Å². The first-order valence-corrected chi connectivity index (χ1v) is 11.8. The zero-order valence-electron chi connectivity index (χ0n) is 18.8. The molecule has 1 N–H and O–H groups in total. The van der Waals surface area contributed by atoms with Gasteiger partial charge in [0.1, 0.15) is 5.75 Å². The van der Waals surface area contributed by atoms with Crippen molar-refractivity contribution >= 4 is 17.5 Å². The molecule has 2 fully saturated rings. The van der Waals surface area contributed by atoms with Crippen LogP contribution in [-0.4, -0.2) is 31.5 Å². The number of rotatable bonds is 4. The summed E-state index contributed by atoms with van der Waals surface area (Å²) >= 11 is 0. The van der Waals surface area contributed by atoms with Gasteiger partial charge in [-0.25, -0.2) is 0 Å². The van der Waals surface area contributed by atoms with Crippen molar-refractivity contribution in [2.75, 3.05) is 18.6 Å². The van der Waals surface area contributed by atoms with Gasteiger partial charge in [-0.05, 0) is 37.5 Å². The first kappa shape index (κ1) is 22.6. The Morgan fingerprint density at radius 1 is 1.00 bits per heavy atom. The van der Waals surface area contributed by atoms with Crippen molar-refractivity contribution in [2.45, 2.75) is 90.0 Å². The number of ether oxygens (including phenoxy) is 1. The van der Waals surface area contributed by atoms with Crippen LogP contribution in [0.5, 0.6) is 5.75 Å². The van der Waals surface area contributed by atoms with Crippen LogP contribution in [0.2, 0.25) is 0 Å². The van der Waals surface area contributed by atoms with E-state index in [0.717, 1.165) is 24.1 Å². The number of nitrogens with zero attached hydrogens (tertiary/aromatic N) is 1. The number of amides is 2. The molecule has 3 rings (SSSR count). The fraction of sp³-hybridized carbons (Fsp3) is 0.680. The van der Waals surface area contributed by atoms with E-state index in [-0.39, 0.29) is 30.2 Å². The van der Waals surface area contributed by atoms with Crippen molar-refractivity contribution in [1.82, 2.24) is 5.32 Å². The lowest BCUT2D eigenvalue weighted by Gasteiger charge is -2.22. The third kappa shape index (κ3) is 6.23.